The molecule has 2 rings (SSSR count). The zero-order valence-corrected chi connectivity index (χ0v) is 15.6. The molecular formula is C17H32N2O5. The molecule has 5 atom stereocenters. The molecule has 1 saturated heterocycles. The number of hydrogen-bond acceptors (Lipinski definition) is 6. The van der Waals surface area contributed by atoms with Crippen molar-refractivity contribution in [1.29, 1.82) is 0 Å². The van der Waals surface area contributed by atoms with Gasteiger partial charge >= 0.3 is 6.09 Å². The summed E-state index contributed by atoms with van der Waals surface area (Å²) in [4.78, 5) is 12.2. The van der Waals surface area contributed by atoms with Crippen molar-refractivity contribution in [1.82, 2.24) is 10.6 Å². The maximum atomic E-state index is 12.2. The van der Waals surface area contributed by atoms with Gasteiger partial charge in [-0.25, -0.2) is 4.79 Å². The third kappa shape index (κ3) is 4.59. The highest BCUT2D eigenvalue weighted by Gasteiger charge is 2.53. The molecule has 0 aromatic carbocycles. The van der Waals surface area contributed by atoms with E-state index in [4.69, 9.17) is 18.9 Å². The van der Waals surface area contributed by atoms with E-state index in [0.29, 0.717) is 5.92 Å². The molecular weight excluding hydrogens is 312 g/mol. The van der Waals surface area contributed by atoms with Gasteiger partial charge in [-0.05, 0) is 40.5 Å². The van der Waals surface area contributed by atoms with Crippen LogP contribution < -0.4 is 10.6 Å². The molecule has 0 bridgehead atoms. The highest BCUT2D eigenvalue weighted by atomic mass is 16.7. The molecule has 1 aliphatic carbocycles. The minimum absolute atomic E-state index is 0.0121. The van der Waals surface area contributed by atoms with Gasteiger partial charge in [-0.15, -0.1) is 0 Å². The van der Waals surface area contributed by atoms with Crippen LogP contribution in [0, 0.1) is 5.92 Å². The van der Waals surface area contributed by atoms with Crippen molar-refractivity contribution in [3.05, 3.63) is 0 Å². The van der Waals surface area contributed by atoms with Crippen LogP contribution >= 0.6 is 0 Å². The second kappa shape index (κ2) is 7.99. The van der Waals surface area contributed by atoms with Gasteiger partial charge in [0.15, 0.2) is 6.29 Å². The Morgan fingerprint density at radius 3 is 2.46 bits per heavy atom. The SMILES string of the molecule is COC(OC)C(C)NC1C(NC(=O)OC(C)(C)C)C2CCCOC21. The maximum absolute atomic E-state index is 12.2. The van der Waals surface area contributed by atoms with E-state index in [1.165, 1.54) is 0 Å². The monoisotopic (exact) mass is 344 g/mol. The molecule has 24 heavy (non-hydrogen) atoms. The molecule has 2 fully saturated rings. The average molecular weight is 344 g/mol. The summed E-state index contributed by atoms with van der Waals surface area (Å²) in [5.74, 6) is 0.319. The average Bonchev–Trinajstić information content (AvgIpc) is 2.50. The van der Waals surface area contributed by atoms with E-state index in [2.05, 4.69) is 10.6 Å². The van der Waals surface area contributed by atoms with E-state index >= 15 is 0 Å². The van der Waals surface area contributed by atoms with Crippen molar-refractivity contribution in [2.45, 2.75) is 76.7 Å². The van der Waals surface area contributed by atoms with Crippen molar-refractivity contribution in [2.75, 3.05) is 20.8 Å². The zero-order valence-electron chi connectivity index (χ0n) is 15.6. The fourth-order valence-corrected chi connectivity index (χ4v) is 3.63. The number of carbonyl (C=O) groups excluding carboxylic acids is 1. The maximum Gasteiger partial charge on any atom is 0.407 e. The standard InChI is InChI=1S/C17H32N2O5/c1-10(15(21-5)22-6)18-13-12(11-8-7-9-23-14(11)13)19-16(20)24-17(2,3)4/h10-15,18H,7-9H2,1-6H3,(H,19,20). The number of rotatable bonds is 6. The Hall–Kier alpha value is -0.890. The number of nitrogens with one attached hydrogen (secondary N) is 2. The number of fused-ring (bicyclic) bond motifs is 1. The summed E-state index contributed by atoms with van der Waals surface area (Å²) in [7, 11) is 3.23. The fourth-order valence-electron chi connectivity index (χ4n) is 3.63. The van der Waals surface area contributed by atoms with Crippen LogP contribution in [-0.4, -0.2) is 63.0 Å². The zero-order chi connectivity index (χ0) is 17.9. The largest absolute Gasteiger partial charge is 0.444 e. The molecule has 0 aromatic rings. The van der Waals surface area contributed by atoms with Crippen molar-refractivity contribution in [2.24, 2.45) is 5.92 Å². The first kappa shape index (κ1) is 19.4. The first-order valence-electron chi connectivity index (χ1n) is 8.69. The summed E-state index contributed by atoms with van der Waals surface area (Å²) < 4.78 is 21.9. The molecule has 0 aromatic heterocycles. The van der Waals surface area contributed by atoms with Gasteiger partial charge in [-0.3, -0.25) is 0 Å². The first-order valence-corrected chi connectivity index (χ1v) is 8.69. The fraction of sp³-hybridized carbons (Fsp3) is 0.941. The topological polar surface area (TPSA) is 78.1 Å². The third-order valence-electron chi connectivity index (χ3n) is 4.63. The predicted octanol–water partition coefficient (Wildman–Crippen LogP) is 1.65. The molecule has 7 nitrogen and oxygen atoms in total. The molecule has 1 heterocycles. The Labute approximate surface area is 144 Å². The van der Waals surface area contributed by atoms with E-state index in [9.17, 15) is 4.79 Å². The molecule has 2 N–H and O–H groups in total. The van der Waals surface area contributed by atoms with Gasteiger partial charge in [0.2, 0.25) is 0 Å². The highest BCUT2D eigenvalue weighted by Crippen LogP contribution is 2.38. The number of hydrogen-bond donors (Lipinski definition) is 2. The quantitative estimate of drug-likeness (QED) is 0.714. The van der Waals surface area contributed by atoms with Gasteiger partial charge in [0.05, 0.1) is 24.2 Å². The summed E-state index contributed by atoms with van der Waals surface area (Å²) in [6.07, 6.45) is 1.45. The lowest BCUT2D eigenvalue weighted by Gasteiger charge is -2.55. The Kier molecular flexibility index (Phi) is 6.47. The number of amides is 1. The molecule has 1 amide bonds. The van der Waals surface area contributed by atoms with Gasteiger partial charge in [0.25, 0.3) is 0 Å². The van der Waals surface area contributed by atoms with Crippen LogP contribution in [0.2, 0.25) is 0 Å². The van der Waals surface area contributed by atoms with Crippen LogP contribution in [0.1, 0.15) is 40.5 Å². The van der Waals surface area contributed by atoms with E-state index in [-0.39, 0.29) is 36.6 Å². The Balaban J connectivity index is 1.99. The number of alkyl carbamates (subject to hydrolysis) is 1. The summed E-state index contributed by atoms with van der Waals surface area (Å²) >= 11 is 0. The van der Waals surface area contributed by atoms with Gasteiger partial charge in [-0.2, -0.15) is 0 Å². The van der Waals surface area contributed by atoms with Crippen molar-refractivity contribution in [3.63, 3.8) is 0 Å². The van der Waals surface area contributed by atoms with Crippen molar-refractivity contribution < 1.29 is 23.7 Å². The Morgan fingerprint density at radius 1 is 1.21 bits per heavy atom. The second-order valence-corrected chi connectivity index (χ2v) is 7.63. The second-order valence-electron chi connectivity index (χ2n) is 7.63. The van der Waals surface area contributed by atoms with E-state index in [1.807, 2.05) is 27.7 Å². The van der Waals surface area contributed by atoms with Crippen LogP contribution in [0.25, 0.3) is 0 Å². The van der Waals surface area contributed by atoms with Crippen LogP contribution in [0.5, 0.6) is 0 Å². The van der Waals surface area contributed by atoms with Gasteiger partial charge in [-0.1, -0.05) is 0 Å². The molecule has 5 unspecified atom stereocenters. The van der Waals surface area contributed by atoms with Gasteiger partial charge in [0.1, 0.15) is 5.60 Å². The van der Waals surface area contributed by atoms with Crippen LogP contribution in [0.15, 0.2) is 0 Å². The number of methoxy groups -OCH3 is 2. The Bertz CT molecular complexity index is 422. The molecule has 1 aliphatic heterocycles. The Morgan fingerprint density at radius 2 is 1.88 bits per heavy atom. The number of ether oxygens (including phenoxy) is 4. The van der Waals surface area contributed by atoms with E-state index in [1.54, 1.807) is 14.2 Å². The third-order valence-corrected chi connectivity index (χ3v) is 4.63. The molecule has 7 heteroatoms. The lowest BCUT2D eigenvalue weighted by atomic mass is 9.68. The molecule has 140 valence electrons. The number of carbonyl (C=O) groups is 1. The summed E-state index contributed by atoms with van der Waals surface area (Å²) in [5, 5.41) is 6.51. The minimum atomic E-state index is -0.510. The van der Waals surface area contributed by atoms with Gasteiger partial charge < -0.3 is 29.6 Å². The molecule has 1 saturated carbocycles. The van der Waals surface area contributed by atoms with Crippen molar-refractivity contribution in [3.8, 4) is 0 Å². The van der Waals surface area contributed by atoms with E-state index < -0.39 is 5.60 Å². The highest BCUT2D eigenvalue weighted by molar-refractivity contribution is 5.68. The lowest BCUT2D eigenvalue weighted by Crippen LogP contribution is -2.74. The lowest BCUT2D eigenvalue weighted by molar-refractivity contribution is -0.153. The van der Waals surface area contributed by atoms with Crippen LogP contribution in [-0.2, 0) is 18.9 Å². The first-order chi connectivity index (χ1) is 11.3. The van der Waals surface area contributed by atoms with E-state index in [0.717, 1.165) is 19.4 Å². The molecule has 2 aliphatic rings. The normalized spacial score (nSPS) is 31.1. The van der Waals surface area contributed by atoms with Crippen molar-refractivity contribution >= 4 is 6.09 Å². The molecule has 0 radical (unpaired) electrons. The minimum Gasteiger partial charge on any atom is -0.444 e. The summed E-state index contributed by atoms with van der Waals surface area (Å²) in [6.45, 7) is 8.35. The summed E-state index contributed by atoms with van der Waals surface area (Å²) in [6, 6.07) is -0.0213. The predicted molar refractivity (Wildman–Crippen MR) is 89.8 cm³/mol. The summed E-state index contributed by atoms with van der Waals surface area (Å²) in [5.41, 5.74) is -0.510. The van der Waals surface area contributed by atoms with Crippen LogP contribution in [0.3, 0.4) is 0 Å². The smallest absolute Gasteiger partial charge is 0.407 e. The van der Waals surface area contributed by atoms with Gasteiger partial charge in [0, 0.05) is 26.7 Å². The molecule has 0 spiro atoms. The van der Waals surface area contributed by atoms with Crippen LogP contribution in [0.4, 0.5) is 4.79 Å².